The third-order valence-corrected chi connectivity index (χ3v) is 8.32. The van der Waals surface area contributed by atoms with Crippen molar-refractivity contribution in [1.29, 1.82) is 0 Å². The summed E-state index contributed by atoms with van der Waals surface area (Å²) in [7, 11) is -3.68. The van der Waals surface area contributed by atoms with Crippen LogP contribution in [0.5, 0.6) is 0 Å². The van der Waals surface area contributed by atoms with E-state index in [2.05, 4.69) is 26.9 Å². The Labute approximate surface area is 164 Å². The second-order valence-corrected chi connectivity index (χ2v) is 10.7. The fourth-order valence-electron chi connectivity index (χ4n) is 2.64. The molecular formula is C15H15BrCl2N2O2S2. The number of rotatable bonds is 4. The number of sulfonamides is 1. The molecule has 9 heteroatoms. The second-order valence-electron chi connectivity index (χ2n) is 5.44. The Morgan fingerprint density at radius 3 is 2.21 bits per heavy atom. The van der Waals surface area contributed by atoms with Crippen molar-refractivity contribution in [2.45, 2.75) is 11.4 Å². The average Bonchev–Trinajstić information content (AvgIpc) is 2.92. The zero-order chi connectivity index (χ0) is 17.3. The summed E-state index contributed by atoms with van der Waals surface area (Å²) in [4.78, 5) is 3.51. The van der Waals surface area contributed by atoms with Crippen LogP contribution in [0.25, 0.3) is 0 Å². The predicted octanol–water partition coefficient (Wildman–Crippen LogP) is 4.32. The molecule has 1 aliphatic heterocycles. The average molecular weight is 470 g/mol. The lowest BCUT2D eigenvalue weighted by Crippen LogP contribution is -2.48. The van der Waals surface area contributed by atoms with Crippen LogP contribution >= 0.6 is 50.5 Å². The number of halogens is 3. The van der Waals surface area contributed by atoms with Crippen LogP contribution < -0.4 is 0 Å². The van der Waals surface area contributed by atoms with E-state index in [0.29, 0.717) is 26.2 Å². The third kappa shape index (κ3) is 3.98. The van der Waals surface area contributed by atoms with Crippen molar-refractivity contribution < 1.29 is 8.42 Å². The number of thiophene rings is 1. The van der Waals surface area contributed by atoms with Crippen molar-refractivity contribution in [3.8, 4) is 0 Å². The van der Waals surface area contributed by atoms with E-state index in [9.17, 15) is 8.42 Å². The smallest absolute Gasteiger partial charge is 0.246 e. The highest BCUT2D eigenvalue weighted by Crippen LogP contribution is 2.32. The first kappa shape index (κ1) is 18.6. The first-order valence-corrected chi connectivity index (χ1v) is 11.1. The molecule has 130 valence electrons. The lowest BCUT2D eigenvalue weighted by atomic mass is 10.3. The maximum Gasteiger partial charge on any atom is 0.246 e. The fraction of sp³-hybridized carbons (Fsp3) is 0.333. The molecule has 0 radical (unpaired) electrons. The first-order valence-electron chi connectivity index (χ1n) is 7.28. The van der Waals surface area contributed by atoms with Gasteiger partial charge in [0.2, 0.25) is 10.0 Å². The summed E-state index contributed by atoms with van der Waals surface area (Å²) in [5.74, 6) is 0. The zero-order valence-corrected chi connectivity index (χ0v) is 17.3. The summed E-state index contributed by atoms with van der Waals surface area (Å²) in [5.41, 5.74) is 0. The van der Waals surface area contributed by atoms with Gasteiger partial charge in [0.1, 0.15) is 4.90 Å². The van der Waals surface area contributed by atoms with E-state index >= 15 is 0 Å². The first-order chi connectivity index (χ1) is 11.4. The van der Waals surface area contributed by atoms with Gasteiger partial charge in [0.05, 0.1) is 13.8 Å². The highest BCUT2D eigenvalue weighted by atomic mass is 79.9. The zero-order valence-electron chi connectivity index (χ0n) is 12.6. The highest BCUT2D eigenvalue weighted by Gasteiger charge is 2.31. The lowest BCUT2D eigenvalue weighted by molar-refractivity contribution is 0.183. The lowest BCUT2D eigenvalue weighted by Gasteiger charge is -2.34. The van der Waals surface area contributed by atoms with Gasteiger partial charge in [0.25, 0.3) is 0 Å². The van der Waals surface area contributed by atoms with Crippen LogP contribution in [-0.2, 0) is 16.6 Å². The Morgan fingerprint density at radius 1 is 1.04 bits per heavy atom. The fourth-order valence-corrected chi connectivity index (χ4v) is 6.68. The summed E-state index contributed by atoms with van der Waals surface area (Å²) in [6.45, 7) is 3.04. The SMILES string of the molecule is O=S(=O)(c1c(Cl)cccc1Cl)N1CCN(Cc2ccc(Br)s2)CC1. The molecular weight excluding hydrogens is 455 g/mol. The minimum absolute atomic E-state index is 0.00368. The Bertz CT molecular complexity index is 813. The van der Waals surface area contributed by atoms with Crippen LogP contribution in [0.3, 0.4) is 0 Å². The van der Waals surface area contributed by atoms with Gasteiger partial charge in [0, 0.05) is 37.6 Å². The van der Waals surface area contributed by atoms with E-state index in [-0.39, 0.29) is 14.9 Å². The van der Waals surface area contributed by atoms with E-state index < -0.39 is 10.0 Å². The van der Waals surface area contributed by atoms with Gasteiger partial charge >= 0.3 is 0 Å². The molecule has 1 aromatic heterocycles. The van der Waals surface area contributed by atoms with Crippen molar-refractivity contribution in [3.05, 3.63) is 49.0 Å². The summed E-state index contributed by atoms with van der Waals surface area (Å²) in [5, 5.41) is 0.321. The molecule has 0 saturated carbocycles. The molecule has 24 heavy (non-hydrogen) atoms. The molecule has 0 aliphatic carbocycles. The Morgan fingerprint density at radius 2 is 1.67 bits per heavy atom. The molecule has 0 amide bonds. The van der Waals surface area contributed by atoms with Crippen molar-refractivity contribution in [2.75, 3.05) is 26.2 Å². The van der Waals surface area contributed by atoms with Crippen molar-refractivity contribution in [2.24, 2.45) is 0 Å². The van der Waals surface area contributed by atoms with Gasteiger partial charge in [-0.2, -0.15) is 4.31 Å². The van der Waals surface area contributed by atoms with Gasteiger partial charge in [-0.1, -0.05) is 29.3 Å². The summed E-state index contributed by atoms with van der Waals surface area (Å²) < 4.78 is 28.2. The third-order valence-electron chi connectivity index (χ3n) is 3.86. The molecule has 1 aromatic carbocycles. The van der Waals surface area contributed by atoms with Gasteiger partial charge in [-0.05, 0) is 40.2 Å². The number of nitrogens with zero attached hydrogens (tertiary/aromatic N) is 2. The van der Waals surface area contributed by atoms with E-state index in [1.54, 1.807) is 29.5 Å². The maximum absolute atomic E-state index is 12.8. The molecule has 2 heterocycles. The molecule has 1 saturated heterocycles. The van der Waals surface area contributed by atoms with Gasteiger partial charge in [-0.25, -0.2) is 8.42 Å². The Balaban J connectivity index is 1.69. The highest BCUT2D eigenvalue weighted by molar-refractivity contribution is 9.11. The molecule has 1 fully saturated rings. The summed E-state index contributed by atoms with van der Waals surface area (Å²) >= 11 is 17.3. The number of piperazine rings is 1. The molecule has 0 spiro atoms. The van der Waals surface area contributed by atoms with E-state index in [1.807, 2.05) is 6.07 Å². The normalized spacial score (nSPS) is 17.3. The maximum atomic E-state index is 12.8. The van der Waals surface area contributed by atoms with Crippen LogP contribution in [0.2, 0.25) is 10.0 Å². The predicted molar refractivity (Wildman–Crippen MR) is 103 cm³/mol. The second kappa shape index (κ2) is 7.61. The van der Waals surface area contributed by atoms with Gasteiger partial charge in [-0.3, -0.25) is 4.90 Å². The van der Waals surface area contributed by atoms with Gasteiger partial charge < -0.3 is 0 Å². The summed E-state index contributed by atoms with van der Waals surface area (Å²) in [6, 6.07) is 8.85. The van der Waals surface area contributed by atoms with Crippen LogP contribution in [0.15, 0.2) is 39.0 Å². The topological polar surface area (TPSA) is 40.6 Å². The van der Waals surface area contributed by atoms with Crippen LogP contribution in [0.4, 0.5) is 0 Å². The van der Waals surface area contributed by atoms with Crippen molar-refractivity contribution in [1.82, 2.24) is 9.21 Å². The van der Waals surface area contributed by atoms with E-state index in [4.69, 9.17) is 23.2 Å². The minimum Gasteiger partial charge on any atom is -0.296 e. The van der Waals surface area contributed by atoms with Gasteiger partial charge in [-0.15, -0.1) is 11.3 Å². The van der Waals surface area contributed by atoms with E-state index in [1.165, 1.54) is 9.18 Å². The largest absolute Gasteiger partial charge is 0.296 e. The molecule has 0 N–H and O–H groups in total. The standard InChI is InChI=1S/C15H15BrCl2N2O2S2/c16-14-5-4-11(23-14)10-19-6-8-20(9-7-19)24(21,22)15-12(17)2-1-3-13(15)18/h1-5H,6-10H2. The number of benzene rings is 1. The van der Waals surface area contributed by atoms with Gasteiger partial charge in [0.15, 0.2) is 0 Å². The molecule has 0 atom stereocenters. The molecule has 3 rings (SSSR count). The minimum atomic E-state index is -3.68. The Hall–Kier alpha value is -0.150. The van der Waals surface area contributed by atoms with Crippen LogP contribution in [-0.4, -0.2) is 43.8 Å². The molecule has 2 aromatic rings. The molecule has 0 unspecified atom stereocenters. The quantitative estimate of drug-likeness (QED) is 0.669. The number of hydrogen-bond donors (Lipinski definition) is 0. The number of hydrogen-bond acceptors (Lipinski definition) is 4. The monoisotopic (exact) mass is 468 g/mol. The van der Waals surface area contributed by atoms with Crippen molar-refractivity contribution >= 4 is 60.5 Å². The van der Waals surface area contributed by atoms with Crippen molar-refractivity contribution in [3.63, 3.8) is 0 Å². The molecule has 4 nitrogen and oxygen atoms in total. The Kier molecular flexibility index (Phi) is 5.91. The van der Waals surface area contributed by atoms with Crippen LogP contribution in [0, 0.1) is 0 Å². The summed E-state index contributed by atoms with van der Waals surface area (Å²) in [6.07, 6.45) is 0. The van der Waals surface area contributed by atoms with E-state index in [0.717, 1.165) is 10.3 Å². The van der Waals surface area contributed by atoms with Crippen LogP contribution in [0.1, 0.15) is 4.88 Å². The molecule has 0 bridgehead atoms. The molecule has 1 aliphatic rings.